The summed E-state index contributed by atoms with van der Waals surface area (Å²) in [6, 6.07) is 3.87. The van der Waals surface area contributed by atoms with E-state index < -0.39 is 0 Å². The summed E-state index contributed by atoms with van der Waals surface area (Å²) in [5, 5.41) is 6.38. The van der Waals surface area contributed by atoms with E-state index in [9.17, 15) is 4.79 Å². The summed E-state index contributed by atoms with van der Waals surface area (Å²) in [7, 11) is 0. The number of rotatable bonds is 5. The van der Waals surface area contributed by atoms with Crippen LogP contribution in [0.25, 0.3) is 0 Å². The van der Waals surface area contributed by atoms with Crippen molar-refractivity contribution in [3.05, 3.63) is 21.3 Å². The van der Waals surface area contributed by atoms with Crippen LogP contribution in [0.4, 0.5) is 0 Å². The van der Waals surface area contributed by atoms with Crippen molar-refractivity contribution in [2.75, 3.05) is 19.6 Å². The van der Waals surface area contributed by atoms with E-state index in [0.717, 1.165) is 30.4 Å². The van der Waals surface area contributed by atoms with Crippen molar-refractivity contribution in [3.8, 4) is 0 Å². The molecule has 1 aliphatic heterocycles. The van der Waals surface area contributed by atoms with Gasteiger partial charge in [0.15, 0.2) is 0 Å². The molecule has 1 fully saturated rings. The number of carbonyl (C=O) groups excluding carboxylic acids is 1. The van der Waals surface area contributed by atoms with Crippen molar-refractivity contribution in [1.29, 1.82) is 0 Å². The van der Waals surface area contributed by atoms with Crippen LogP contribution in [0.1, 0.15) is 24.1 Å². The van der Waals surface area contributed by atoms with E-state index in [1.165, 1.54) is 17.7 Å². The summed E-state index contributed by atoms with van der Waals surface area (Å²) in [5.41, 5.74) is 0. The van der Waals surface area contributed by atoms with Gasteiger partial charge < -0.3 is 10.6 Å². The zero-order valence-corrected chi connectivity index (χ0v) is 13.2. The van der Waals surface area contributed by atoms with Gasteiger partial charge in [0.25, 0.3) is 0 Å². The van der Waals surface area contributed by atoms with E-state index in [2.05, 4.69) is 10.6 Å². The summed E-state index contributed by atoms with van der Waals surface area (Å²) >= 11 is 7.40. The molecule has 0 bridgehead atoms. The summed E-state index contributed by atoms with van der Waals surface area (Å²) < 4.78 is 0.790. The number of hydrogen-bond donors (Lipinski definition) is 2. The van der Waals surface area contributed by atoms with Gasteiger partial charge in [-0.3, -0.25) is 4.79 Å². The molecule has 0 aliphatic carbocycles. The number of aryl methyl sites for hydroxylation is 1. The highest BCUT2D eigenvalue weighted by atomic mass is 35.5. The lowest BCUT2D eigenvalue weighted by Crippen LogP contribution is -2.38. The minimum absolute atomic E-state index is 0. The lowest BCUT2D eigenvalue weighted by atomic mass is 10.00. The molecular weight excluding hydrogens is 303 g/mol. The Morgan fingerprint density at radius 2 is 2.37 bits per heavy atom. The van der Waals surface area contributed by atoms with Crippen molar-refractivity contribution in [2.45, 2.75) is 25.7 Å². The predicted octanol–water partition coefficient (Wildman–Crippen LogP) is 2.87. The SMILES string of the molecule is Cl.O=C(CCc1ccc(Cl)s1)NCC1CCCNC1. The third-order valence-corrected chi connectivity index (χ3v) is 4.51. The Balaban J connectivity index is 0.00000180. The molecule has 1 unspecified atom stereocenters. The van der Waals surface area contributed by atoms with Gasteiger partial charge in [0.1, 0.15) is 0 Å². The Morgan fingerprint density at radius 1 is 1.53 bits per heavy atom. The molecule has 1 amide bonds. The molecule has 3 nitrogen and oxygen atoms in total. The number of hydrogen-bond acceptors (Lipinski definition) is 3. The zero-order chi connectivity index (χ0) is 12.8. The summed E-state index contributed by atoms with van der Waals surface area (Å²) in [4.78, 5) is 12.9. The number of nitrogens with one attached hydrogen (secondary N) is 2. The Bertz CT molecular complexity index is 392. The van der Waals surface area contributed by atoms with Gasteiger partial charge in [-0.2, -0.15) is 0 Å². The topological polar surface area (TPSA) is 41.1 Å². The van der Waals surface area contributed by atoms with Crippen LogP contribution in [0.5, 0.6) is 0 Å². The quantitative estimate of drug-likeness (QED) is 0.875. The first-order chi connectivity index (χ1) is 8.74. The second-order valence-electron chi connectivity index (χ2n) is 4.72. The van der Waals surface area contributed by atoms with Crippen LogP contribution in [0.3, 0.4) is 0 Å². The molecule has 2 N–H and O–H groups in total. The maximum absolute atomic E-state index is 11.7. The molecular formula is C13H20Cl2N2OS. The molecule has 1 atom stereocenters. The number of piperidine rings is 1. The number of halogens is 2. The Kier molecular flexibility index (Phi) is 7.76. The fourth-order valence-corrected chi connectivity index (χ4v) is 3.25. The van der Waals surface area contributed by atoms with Gasteiger partial charge in [-0.15, -0.1) is 23.7 Å². The first kappa shape index (κ1) is 16.8. The smallest absolute Gasteiger partial charge is 0.220 e. The Labute approximate surface area is 129 Å². The maximum Gasteiger partial charge on any atom is 0.220 e. The monoisotopic (exact) mass is 322 g/mol. The summed E-state index contributed by atoms with van der Waals surface area (Å²) in [6.07, 6.45) is 3.77. The predicted molar refractivity (Wildman–Crippen MR) is 83.5 cm³/mol. The first-order valence-corrected chi connectivity index (χ1v) is 7.65. The maximum atomic E-state index is 11.7. The van der Waals surface area contributed by atoms with Gasteiger partial charge in [0.05, 0.1) is 4.34 Å². The minimum Gasteiger partial charge on any atom is -0.356 e. The highest BCUT2D eigenvalue weighted by Crippen LogP contribution is 2.22. The third kappa shape index (κ3) is 6.13. The first-order valence-electron chi connectivity index (χ1n) is 6.45. The number of carbonyl (C=O) groups is 1. The van der Waals surface area contributed by atoms with Gasteiger partial charge in [-0.05, 0) is 50.4 Å². The summed E-state index contributed by atoms with van der Waals surface area (Å²) in [5.74, 6) is 0.740. The van der Waals surface area contributed by atoms with Gasteiger partial charge in [0, 0.05) is 17.8 Å². The van der Waals surface area contributed by atoms with Gasteiger partial charge >= 0.3 is 0 Å². The van der Waals surface area contributed by atoms with Crippen molar-refractivity contribution in [3.63, 3.8) is 0 Å². The van der Waals surface area contributed by atoms with E-state index in [0.29, 0.717) is 12.3 Å². The van der Waals surface area contributed by atoms with Crippen LogP contribution in [-0.2, 0) is 11.2 Å². The van der Waals surface area contributed by atoms with Gasteiger partial charge in [-0.25, -0.2) is 0 Å². The fourth-order valence-electron chi connectivity index (χ4n) is 2.17. The molecule has 6 heteroatoms. The molecule has 0 aromatic carbocycles. The molecule has 19 heavy (non-hydrogen) atoms. The average molecular weight is 323 g/mol. The van der Waals surface area contributed by atoms with Crippen LogP contribution in [0.15, 0.2) is 12.1 Å². The van der Waals surface area contributed by atoms with Crippen molar-refractivity contribution < 1.29 is 4.79 Å². The van der Waals surface area contributed by atoms with Crippen LogP contribution >= 0.6 is 35.3 Å². The van der Waals surface area contributed by atoms with E-state index in [1.807, 2.05) is 12.1 Å². The zero-order valence-electron chi connectivity index (χ0n) is 10.8. The molecule has 1 aliphatic rings. The standard InChI is InChI=1S/C13H19ClN2OS.ClH/c14-12-5-3-11(18-12)4-6-13(17)16-9-10-2-1-7-15-8-10;/h3,5,10,15H,1-2,4,6-9H2,(H,16,17);1H. The van der Waals surface area contributed by atoms with Gasteiger partial charge in [-0.1, -0.05) is 11.6 Å². The van der Waals surface area contributed by atoms with Gasteiger partial charge in [0.2, 0.25) is 5.91 Å². The largest absolute Gasteiger partial charge is 0.356 e. The lowest BCUT2D eigenvalue weighted by molar-refractivity contribution is -0.121. The molecule has 1 aromatic heterocycles. The van der Waals surface area contributed by atoms with Crippen LogP contribution < -0.4 is 10.6 Å². The van der Waals surface area contributed by atoms with E-state index >= 15 is 0 Å². The molecule has 0 spiro atoms. The van der Waals surface area contributed by atoms with E-state index in [-0.39, 0.29) is 18.3 Å². The van der Waals surface area contributed by atoms with Crippen LogP contribution in [0, 0.1) is 5.92 Å². The third-order valence-electron chi connectivity index (χ3n) is 3.21. The molecule has 0 saturated carbocycles. The highest BCUT2D eigenvalue weighted by molar-refractivity contribution is 7.16. The van der Waals surface area contributed by atoms with Crippen molar-refractivity contribution >= 4 is 41.3 Å². The summed E-state index contributed by atoms with van der Waals surface area (Å²) in [6.45, 7) is 2.95. The molecule has 1 saturated heterocycles. The Morgan fingerprint density at radius 3 is 3.00 bits per heavy atom. The molecule has 1 aromatic rings. The van der Waals surface area contributed by atoms with E-state index in [4.69, 9.17) is 11.6 Å². The Hall–Kier alpha value is -0.290. The molecule has 2 rings (SSSR count). The van der Waals surface area contributed by atoms with Crippen LogP contribution in [-0.4, -0.2) is 25.5 Å². The normalized spacial score (nSPS) is 18.7. The molecule has 0 radical (unpaired) electrons. The fraction of sp³-hybridized carbons (Fsp3) is 0.615. The number of amides is 1. The highest BCUT2D eigenvalue weighted by Gasteiger charge is 2.13. The van der Waals surface area contributed by atoms with Crippen LogP contribution in [0.2, 0.25) is 4.34 Å². The number of thiophene rings is 1. The van der Waals surface area contributed by atoms with Crippen molar-refractivity contribution in [1.82, 2.24) is 10.6 Å². The average Bonchev–Trinajstić information content (AvgIpc) is 2.81. The molecule has 2 heterocycles. The van der Waals surface area contributed by atoms with Crippen molar-refractivity contribution in [2.24, 2.45) is 5.92 Å². The second kappa shape index (κ2) is 8.80. The van der Waals surface area contributed by atoms with E-state index in [1.54, 1.807) is 11.3 Å². The lowest BCUT2D eigenvalue weighted by Gasteiger charge is -2.22. The molecule has 108 valence electrons. The second-order valence-corrected chi connectivity index (χ2v) is 6.52. The minimum atomic E-state index is 0.